The molecule has 1 fully saturated rings. The average Bonchev–Trinajstić information content (AvgIpc) is 3.29. The number of aliphatic hydroxyl groups excluding tert-OH is 1. The summed E-state index contributed by atoms with van der Waals surface area (Å²) in [5.74, 6) is 0.230. The normalized spacial score (nSPS) is 18.6. The van der Waals surface area contributed by atoms with Crippen LogP contribution in [0.4, 0.5) is 4.39 Å². The molecule has 4 rings (SSSR count). The van der Waals surface area contributed by atoms with Gasteiger partial charge in [0.25, 0.3) is 0 Å². The van der Waals surface area contributed by atoms with Gasteiger partial charge in [-0.05, 0) is 70.0 Å². The summed E-state index contributed by atoms with van der Waals surface area (Å²) >= 11 is 1.64. The second-order valence-corrected chi connectivity index (χ2v) is 9.52. The first kappa shape index (κ1) is 23.2. The van der Waals surface area contributed by atoms with E-state index in [1.54, 1.807) is 23.5 Å². The van der Waals surface area contributed by atoms with Gasteiger partial charge in [0.2, 0.25) is 0 Å². The lowest BCUT2D eigenvalue weighted by molar-refractivity contribution is -0.156. The third kappa shape index (κ3) is 5.89. The maximum atomic E-state index is 13.6. The summed E-state index contributed by atoms with van der Waals surface area (Å²) in [6.45, 7) is 4.69. The number of cyclic esters (lactones) is 1. The van der Waals surface area contributed by atoms with Gasteiger partial charge in [0.1, 0.15) is 24.3 Å². The molecule has 33 heavy (non-hydrogen) atoms. The molecule has 1 aliphatic heterocycles. The number of rotatable bonds is 7. The highest BCUT2D eigenvalue weighted by Gasteiger charge is 2.25. The van der Waals surface area contributed by atoms with E-state index in [1.165, 1.54) is 12.1 Å². The van der Waals surface area contributed by atoms with Crippen LogP contribution in [0.3, 0.4) is 0 Å². The monoisotopic (exact) mass is 466 g/mol. The molecule has 1 N–H and O–H groups in total. The zero-order valence-corrected chi connectivity index (χ0v) is 19.5. The number of hydrogen-bond acceptors (Lipinski definition) is 5. The van der Waals surface area contributed by atoms with Crippen LogP contribution in [0.25, 0.3) is 17.2 Å². The molecule has 4 nitrogen and oxygen atoms in total. The van der Waals surface area contributed by atoms with E-state index in [0.29, 0.717) is 13.0 Å². The Morgan fingerprint density at radius 3 is 2.70 bits per heavy atom. The van der Waals surface area contributed by atoms with Crippen LogP contribution in [0.15, 0.2) is 60.0 Å². The van der Waals surface area contributed by atoms with Gasteiger partial charge < -0.3 is 14.6 Å². The highest BCUT2D eigenvalue weighted by atomic mass is 32.1. The Bertz CT molecular complexity index is 1120. The highest BCUT2D eigenvalue weighted by molar-refractivity contribution is 7.09. The van der Waals surface area contributed by atoms with Crippen molar-refractivity contribution in [2.45, 2.75) is 51.4 Å². The smallest absolute Gasteiger partial charge is 0.309 e. The van der Waals surface area contributed by atoms with Gasteiger partial charge in [-0.2, -0.15) is 0 Å². The van der Waals surface area contributed by atoms with Crippen LogP contribution in [-0.4, -0.2) is 23.3 Å². The van der Waals surface area contributed by atoms with Crippen molar-refractivity contribution in [3.8, 4) is 16.9 Å². The predicted octanol–water partition coefficient (Wildman–Crippen LogP) is 6.34. The minimum atomic E-state index is -0.699. The van der Waals surface area contributed by atoms with E-state index in [9.17, 15) is 14.3 Å². The lowest BCUT2D eigenvalue weighted by atomic mass is 9.89. The minimum absolute atomic E-state index is 0.0265. The summed E-state index contributed by atoms with van der Waals surface area (Å²) < 4.78 is 25.1. The Hall–Kier alpha value is -2.96. The molecule has 2 atom stereocenters. The van der Waals surface area contributed by atoms with Crippen molar-refractivity contribution in [2.75, 3.05) is 0 Å². The van der Waals surface area contributed by atoms with Crippen LogP contribution < -0.4 is 4.74 Å². The molecular formula is C27H27FO4S. The molecule has 0 spiro atoms. The van der Waals surface area contributed by atoms with Crippen LogP contribution in [0, 0.1) is 5.82 Å². The third-order valence-corrected chi connectivity index (χ3v) is 6.44. The topological polar surface area (TPSA) is 55.8 Å². The van der Waals surface area contributed by atoms with Gasteiger partial charge in [-0.15, -0.1) is 11.3 Å². The SMILES string of the molecule is CC(C)c1cc(OCc2cccs2)cc(-c2ccc(F)cc2)c1C=C[C@@H]1C[C@@H](O)CC(=O)O1. The van der Waals surface area contributed by atoms with E-state index in [2.05, 4.69) is 13.8 Å². The maximum Gasteiger partial charge on any atom is 0.309 e. The number of carbonyl (C=O) groups excluding carboxylic acids is 1. The van der Waals surface area contributed by atoms with Crippen LogP contribution in [0.2, 0.25) is 0 Å². The molecule has 2 heterocycles. The fourth-order valence-electron chi connectivity index (χ4n) is 3.94. The molecule has 0 bridgehead atoms. The van der Waals surface area contributed by atoms with Crippen molar-refractivity contribution in [1.82, 2.24) is 0 Å². The van der Waals surface area contributed by atoms with Crippen LogP contribution in [0.1, 0.15) is 48.6 Å². The Balaban J connectivity index is 1.74. The Labute approximate surface area is 197 Å². The number of aliphatic hydroxyl groups is 1. The highest BCUT2D eigenvalue weighted by Crippen LogP contribution is 2.36. The quantitative estimate of drug-likeness (QED) is 0.413. The number of carbonyl (C=O) groups is 1. The summed E-state index contributed by atoms with van der Waals surface area (Å²) in [4.78, 5) is 12.9. The predicted molar refractivity (Wildman–Crippen MR) is 129 cm³/mol. The molecular weight excluding hydrogens is 439 g/mol. The number of benzene rings is 2. The van der Waals surface area contributed by atoms with Crippen molar-refractivity contribution in [3.63, 3.8) is 0 Å². The Morgan fingerprint density at radius 2 is 2.03 bits per heavy atom. The lowest BCUT2D eigenvalue weighted by Crippen LogP contribution is -2.31. The van der Waals surface area contributed by atoms with Crippen molar-refractivity contribution < 1.29 is 23.8 Å². The van der Waals surface area contributed by atoms with Gasteiger partial charge in [-0.25, -0.2) is 4.39 Å². The fraction of sp³-hybridized carbons (Fsp3) is 0.296. The molecule has 1 aromatic heterocycles. The second kappa shape index (κ2) is 10.3. The zero-order valence-electron chi connectivity index (χ0n) is 18.7. The number of thiophene rings is 1. The average molecular weight is 467 g/mol. The molecule has 0 aliphatic carbocycles. The summed E-state index contributed by atoms with van der Waals surface area (Å²) in [7, 11) is 0. The Kier molecular flexibility index (Phi) is 7.26. The maximum absolute atomic E-state index is 13.6. The zero-order chi connectivity index (χ0) is 23.4. The van der Waals surface area contributed by atoms with Gasteiger partial charge in [0.05, 0.1) is 12.5 Å². The molecule has 2 aromatic carbocycles. The standard InChI is InChI=1S/C27H27FO4S/c1-17(2)25-14-22(31-16-23-4-3-11-33-23)15-26(18-5-7-19(28)8-6-18)24(25)10-9-21-12-20(29)13-27(30)32-21/h3-11,14-15,17,20-21,29H,12-13,16H2,1-2H3/t20-,21-/m1/s1. The van der Waals surface area contributed by atoms with Gasteiger partial charge in [0, 0.05) is 11.3 Å². The van der Waals surface area contributed by atoms with Crippen LogP contribution in [-0.2, 0) is 16.1 Å². The molecule has 1 saturated heterocycles. The first-order valence-corrected chi connectivity index (χ1v) is 11.9. The van der Waals surface area contributed by atoms with Gasteiger partial charge in [-0.1, -0.05) is 38.1 Å². The number of halogens is 1. The van der Waals surface area contributed by atoms with E-state index in [4.69, 9.17) is 9.47 Å². The van der Waals surface area contributed by atoms with Crippen LogP contribution >= 0.6 is 11.3 Å². The van der Waals surface area contributed by atoms with E-state index in [-0.39, 0.29) is 18.2 Å². The third-order valence-electron chi connectivity index (χ3n) is 5.59. The first-order valence-electron chi connectivity index (χ1n) is 11.0. The summed E-state index contributed by atoms with van der Waals surface area (Å²) in [6.07, 6.45) is 2.96. The molecule has 0 saturated carbocycles. The number of hydrogen-bond donors (Lipinski definition) is 1. The van der Waals surface area contributed by atoms with E-state index >= 15 is 0 Å². The molecule has 1 aliphatic rings. The van der Waals surface area contributed by atoms with Crippen LogP contribution in [0.5, 0.6) is 5.75 Å². The van der Waals surface area contributed by atoms with Gasteiger partial charge >= 0.3 is 5.97 Å². The van der Waals surface area contributed by atoms with Gasteiger partial charge in [-0.3, -0.25) is 4.79 Å². The lowest BCUT2D eigenvalue weighted by Gasteiger charge is -2.24. The Morgan fingerprint density at radius 1 is 1.24 bits per heavy atom. The molecule has 0 unspecified atom stereocenters. The van der Waals surface area contributed by atoms with Crippen molar-refractivity contribution in [3.05, 3.63) is 81.8 Å². The summed E-state index contributed by atoms with van der Waals surface area (Å²) in [5, 5.41) is 12.0. The summed E-state index contributed by atoms with van der Waals surface area (Å²) in [6, 6.07) is 14.4. The molecule has 6 heteroatoms. The molecule has 3 aromatic rings. The van der Waals surface area contributed by atoms with Gasteiger partial charge in [0.15, 0.2) is 0 Å². The molecule has 172 valence electrons. The molecule has 0 radical (unpaired) electrons. The van der Waals surface area contributed by atoms with E-state index in [0.717, 1.165) is 32.9 Å². The van der Waals surface area contributed by atoms with E-state index in [1.807, 2.05) is 41.8 Å². The van der Waals surface area contributed by atoms with E-state index < -0.39 is 18.2 Å². The number of esters is 1. The fourth-order valence-corrected chi connectivity index (χ4v) is 4.56. The van der Waals surface area contributed by atoms with Crippen molar-refractivity contribution in [2.24, 2.45) is 0 Å². The minimum Gasteiger partial charge on any atom is -0.488 e. The first-order chi connectivity index (χ1) is 15.9. The largest absolute Gasteiger partial charge is 0.488 e. The summed E-state index contributed by atoms with van der Waals surface area (Å²) in [5.41, 5.74) is 3.79. The second-order valence-electron chi connectivity index (χ2n) is 8.48. The van der Waals surface area contributed by atoms with Crippen molar-refractivity contribution >= 4 is 23.4 Å². The van der Waals surface area contributed by atoms with Crippen molar-refractivity contribution in [1.29, 1.82) is 0 Å². The number of ether oxygens (including phenoxy) is 2. The molecule has 0 amide bonds.